The van der Waals surface area contributed by atoms with Gasteiger partial charge in [0.25, 0.3) is 11.1 Å². The monoisotopic (exact) mass is 436 g/mol. The maximum absolute atomic E-state index is 11.3. The Morgan fingerprint density at radius 1 is 0.933 bits per heavy atom. The number of aromatic nitrogens is 4. The van der Waals surface area contributed by atoms with E-state index in [1.165, 1.54) is 10.6 Å². The van der Waals surface area contributed by atoms with Crippen molar-refractivity contribution in [2.75, 3.05) is 11.5 Å². The number of anilines is 2. The van der Waals surface area contributed by atoms with Crippen molar-refractivity contribution in [3.63, 3.8) is 0 Å². The molecular weight excluding hydrogens is 415 g/mol. The minimum Gasteiger partial charge on any atom is -0.444 e. The molecule has 0 bridgehead atoms. The summed E-state index contributed by atoms with van der Waals surface area (Å²) in [5.74, 6) is -0.0116. The largest absolute Gasteiger partial charge is 1.00 e. The molecule has 0 aromatic carbocycles. The second kappa shape index (κ2) is 13.2. The molecule has 15 nitrogen and oxygen atoms in total. The number of nitrogens with zero attached hydrogens (tertiary/aromatic N) is 4. The van der Waals surface area contributed by atoms with Gasteiger partial charge in [-0.2, -0.15) is 0 Å². The van der Waals surface area contributed by atoms with Crippen LogP contribution in [0.3, 0.4) is 0 Å². The zero-order valence-corrected chi connectivity index (χ0v) is 19.0. The molecule has 0 fully saturated rings. The number of rotatable bonds is 3. The number of hydrogen-bond acceptors (Lipinski definition) is 11. The maximum atomic E-state index is 11.3. The summed E-state index contributed by atoms with van der Waals surface area (Å²) in [6, 6.07) is 0.899. The summed E-state index contributed by atoms with van der Waals surface area (Å²) >= 11 is 0. The number of nitrogens with two attached hydrogens (primary N) is 2. The Hall–Kier alpha value is -3.04. The molecule has 0 unspecified atom stereocenters. The van der Waals surface area contributed by atoms with Crippen LogP contribution in [0, 0.1) is 15.0 Å². The predicted molar refractivity (Wildman–Crippen MR) is 107 cm³/mol. The third kappa shape index (κ3) is 7.76. The Balaban J connectivity index is 0. The van der Waals surface area contributed by atoms with E-state index in [0.717, 1.165) is 9.91 Å². The van der Waals surface area contributed by atoms with E-state index < -0.39 is 28.2 Å². The molecule has 0 aliphatic rings. The van der Waals surface area contributed by atoms with Crippen molar-refractivity contribution >= 4 is 17.3 Å². The summed E-state index contributed by atoms with van der Waals surface area (Å²) in [5, 5.41) is 11.5. The minimum atomic E-state index is -0.862. The van der Waals surface area contributed by atoms with Gasteiger partial charge in [-0.3, -0.25) is 28.7 Å². The van der Waals surface area contributed by atoms with Crippen molar-refractivity contribution in [2.45, 2.75) is 39.8 Å². The summed E-state index contributed by atoms with van der Waals surface area (Å²) in [4.78, 5) is 66.5. The molecule has 0 saturated carbocycles. The van der Waals surface area contributed by atoms with Gasteiger partial charge in [0, 0.05) is 18.2 Å². The summed E-state index contributed by atoms with van der Waals surface area (Å²) in [7, 11) is 0. The third-order valence-electron chi connectivity index (χ3n) is 3.29. The SMILES string of the molecule is CC(C)n1c(N)c(N=O)c(=O)[nH]c1=O.CC(C)n1c(N)cc(=O)[nH]c1=O.O=N[O-].[Na+]. The van der Waals surface area contributed by atoms with Crippen LogP contribution in [0.1, 0.15) is 39.8 Å². The minimum absolute atomic E-state index is 0. The van der Waals surface area contributed by atoms with Gasteiger partial charge in [-0.1, -0.05) is 0 Å². The van der Waals surface area contributed by atoms with E-state index in [4.69, 9.17) is 21.6 Å². The number of nitroso groups, excluding NO2 is 1. The summed E-state index contributed by atoms with van der Waals surface area (Å²) in [6.07, 6.45) is 0. The Labute approximate surface area is 190 Å². The standard InChI is InChI=1S/C7H10N4O3.C7H11N3O2.HNO2.Na/c1-3(2)11-5(8)4(10-14)6(12)9-7(11)13;1-4(2)10-5(8)3-6(11)9-7(10)12;2-1-3;/h3H,8H2,1-2H3,(H,9,12,13);3-4H,8H2,1-2H3,(H,9,11,12);(H,2,3);/q;;;+1/p-1. The molecular formula is C14H21N8NaO7. The first-order valence-corrected chi connectivity index (χ1v) is 7.96. The number of hydrogen-bond donors (Lipinski definition) is 4. The van der Waals surface area contributed by atoms with E-state index in [1.54, 1.807) is 13.8 Å². The molecule has 2 rings (SSSR count). The summed E-state index contributed by atoms with van der Waals surface area (Å²) in [5.41, 5.74) is 8.02. The average molecular weight is 436 g/mol. The van der Waals surface area contributed by atoms with Crippen LogP contribution in [-0.2, 0) is 0 Å². The molecule has 0 amide bonds. The Morgan fingerprint density at radius 2 is 1.37 bits per heavy atom. The molecule has 2 heterocycles. The van der Waals surface area contributed by atoms with E-state index in [9.17, 15) is 24.1 Å². The second-order valence-corrected chi connectivity index (χ2v) is 5.95. The van der Waals surface area contributed by atoms with Gasteiger partial charge in [0.15, 0.2) is 0 Å². The molecule has 160 valence electrons. The summed E-state index contributed by atoms with van der Waals surface area (Å²) < 4.78 is 2.42. The van der Waals surface area contributed by atoms with Gasteiger partial charge in [0.2, 0.25) is 5.69 Å². The van der Waals surface area contributed by atoms with Crippen LogP contribution in [-0.4, -0.2) is 19.1 Å². The van der Waals surface area contributed by atoms with Gasteiger partial charge < -0.3 is 21.6 Å². The van der Waals surface area contributed by atoms with Crippen molar-refractivity contribution in [3.8, 4) is 0 Å². The van der Waals surface area contributed by atoms with E-state index in [2.05, 4.69) is 10.2 Å². The molecule has 0 radical (unpaired) electrons. The van der Waals surface area contributed by atoms with Crippen LogP contribution in [0.2, 0.25) is 0 Å². The topological polar surface area (TPSA) is 244 Å². The van der Waals surface area contributed by atoms with Gasteiger partial charge in [0.05, 0.1) is 0 Å². The normalized spacial score (nSPS) is 9.53. The van der Waals surface area contributed by atoms with Crippen molar-refractivity contribution in [3.05, 3.63) is 62.8 Å². The first-order valence-electron chi connectivity index (χ1n) is 7.96. The quantitative estimate of drug-likeness (QED) is 0.218. The van der Waals surface area contributed by atoms with Crippen LogP contribution in [0.25, 0.3) is 0 Å². The molecule has 0 aliphatic carbocycles. The van der Waals surface area contributed by atoms with E-state index >= 15 is 0 Å². The smallest absolute Gasteiger partial charge is 0.444 e. The average Bonchev–Trinajstić information content (AvgIpc) is 2.54. The zero-order valence-electron chi connectivity index (χ0n) is 17.0. The van der Waals surface area contributed by atoms with Crippen LogP contribution in [0.15, 0.2) is 35.8 Å². The fraction of sp³-hybridized carbons (Fsp3) is 0.429. The Morgan fingerprint density at radius 3 is 1.73 bits per heavy atom. The number of aromatic amines is 2. The molecule has 0 saturated heterocycles. The molecule has 30 heavy (non-hydrogen) atoms. The number of nitrogens with one attached hydrogen (secondary N) is 2. The van der Waals surface area contributed by atoms with E-state index in [0.29, 0.717) is 0 Å². The van der Waals surface area contributed by atoms with Crippen LogP contribution >= 0.6 is 0 Å². The van der Waals surface area contributed by atoms with Crippen molar-refractivity contribution in [1.29, 1.82) is 0 Å². The van der Waals surface area contributed by atoms with Gasteiger partial charge in [-0.15, -0.1) is 10.2 Å². The molecule has 6 N–H and O–H groups in total. The molecule has 0 atom stereocenters. The fourth-order valence-electron chi connectivity index (χ4n) is 2.21. The van der Waals surface area contributed by atoms with E-state index in [1.807, 2.05) is 18.8 Å². The fourth-order valence-corrected chi connectivity index (χ4v) is 2.21. The van der Waals surface area contributed by atoms with Crippen molar-refractivity contribution in [1.82, 2.24) is 19.1 Å². The first kappa shape index (κ1) is 29.2. The van der Waals surface area contributed by atoms with Gasteiger partial charge >= 0.3 is 40.9 Å². The van der Waals surface area contributed by atoms with Crippen molar-refractivity contribution < 1.29 is 29.6 Å². The van der Waals surface area contributed by atoms with Crippen LogP contribution in [0.4, 0.5) is 17.3 Å². The van der Waals surface area contributed by atoms with Crippen LogP contribution < -0.4 is 63.5 Å². The predicted octanol–water partition coefficient (Wildman–Crippen LogP) is -2.95. The first-order chi connectivity index (χ1) is 13.4. The zero-order chi connectivity index (χ0) is 22.9. The number of nitrogen functional groups attached to an aromatic ring is 2. The molecule has 2 aromatic heterocycles. The number of H-pyrrole nitrogens is 2. The Kier molecular flexibility index (Phi) is 12.9. The second-order valence-electron chi connectivity index (χ2n) is 5.95. The van der Waals surface area contributed by atoms with Gasteiger partial charge in [-0.25, -0.2) is 9.59 Å². The van der Waals surface area contributed by atoms with Crippen LogP contribution in [0.5, 0.6) is 0 Å². The van der Waals surface area contributed by atoms with Crippen molar-refractivity contribution in [2.24, 2.45) is 10.5 Å². The van der Waals surface area contributed by atoms with Gasteiger partial charge in [0.1, 0.15) is 11.6 Å². The van der Waals surface area contributed by atoms with Gasteiger partial charge in [-0.05, 0) is 32.9 Å². The third-order valence-corrected chi connectivity index (χ3v) is 3.29. The molecule has 16 heteroatoms. The Bertz CT molecular complexity index is 1080. The molecule has 0 spiro atoms. The molecule has 2 aromatic rings. The maximum Gasteiger partial charge on any atom is 1.00 e. The van der Waals surface area contributed by atoms with E-state index in [-0.39, 0.29) is 53.3 Å². The summed E-state index contributed by atoms with van der Waals surface area (Å²) in [6.45, 7) is 7.03. The molecule has 0 aliphatic heterocycles.